The van der Waals surface area contributed by atoms with Crippen LogP contribution in [0.2, 0.25) is 0 Å². The molecule has 24 heavy (non-hydrogen) atoms. The minimum atomic E-state index is -0.825. The molecule has 0 aromatic rings. The molecule has 1 aliphatic rings. The topological polar surface area (TPSA) is 98.0 Å². The Morgan fingerprint density at radius 2 is 1.96 bits per heavy atom. The molecule has 0 heterocycles. The summed E-state index contributed by atoms with van der Waals surface area (Å²) in [4.78, 5) is 10.5. The third-order valence-corrected chi connectivity index (χ3v) is 4.67. The summed E-state index contributed by atoms with van der Waals surface area (Å²) >= 11 is 0. The van der Waals surface area contributed by atoms with Gasteiger partial charge in [0.1, 0.15) is 0 Å². The molecule has 0 aliphatic heterocycles. The van der Waals surface area contributed by atoms with Crippen molar-refractivity contribution in [2.75, 3.05) is 0 Å². The van der Waals surface area contributed by atoms with E-state index >= 15 is 0 Å². The van der Waals surface area contributed by atoms with Gasteiger partial charge in [-0.3, -0.25) is 4.79 Å². The highest BCUT2D eigenvalue weighted by Gasteiger charge is 2.39. The fourth-order valence-corrected chi connectivity index (χ4v) is 3.24. The second-order valence-corrected chi connectivity index (χ2v) is 6.70. The molecule has 0 bridgehead atoms. The molecule has 4 N–H and O–H groups in total. The van der Waals surface area contributed by atoms with E-state index in [4.69, 9.17) is 5.11 Å². The fourth-order valence-electron chi connectivity index (χ4n) is 3.24. The number of carboxylic acid groups (broad SMARTS) is 1. The van der Waals surface area contributed by atoms with Gasteiger partial charge in [-0.05, 0) is 25.2 Å². The first-order valence-electron chi connectivity index (χ1n) is 9.05. The maximum Gasteiger partial charge on any atom is 0.303 e. The van der Waals surface area contributed by atoms with Gasteiger partial charge in [0.25, 0.3) is 0 Å². The minimum Gasteiger partial charge on any atom is -0.481 e. The van der Waals surface area contributed by atoms with Gasteiger partial charge < -0.3 is 20.4 Å². The average molecular weight is 340 g/mol. The summed E-state index contributed by atoms with van der Waals surface area (Å²) in [7, 11) is 0. The Bertz CT molecular complexity index is 418. The number of aliphatic carboxylic acids is 1. The number of carbonyl (C=O) groups is 1. The zero-order valence-electron chi connectivity index (χ0n) is 14.6. The van der Waals surface area contributed by atoms with E-state index in [1.807, 2.05) is 18.2 Å². The van der Waals surface area contributed by atoms with Crippen molar-refractivity contribution in [3.63, 3.8) is 0 Å². The standard InChI is InChI=1S/C19H32O5/c1-2-3-5-8-14(20)11-12-16-15(17(21)13-18(16)22)9-6-4-7-10-19(23)24/h4,6,11-12,14-18,20-22H,2-3,5,7-10,13H2,1H3,(H,23,24)/t14?,15-,16-,17+,18-/m0/s1. The molecule has 0 aromatic heterocycles. The van der Waals surface area contributed by atoms with Gasteiger partial charge >= 0.3 is 5.97 Å². The molecule has 138 valence electrons. The van der Waals surface area contributed by atoms with Crippen molar-refractivity contribution in [3.05, 3.63) is 24.3 Å². The summed E-state index contributed by atoms with van der Waals surface area (Å²) in [5.74, 6) is -1.10. The third kappa shape index (κ3) is 7.60. The van der Waals surface area contributed by atoms with Gasteiger partial charge in [-0.25, -0.2) is 0 Å². The van der Waals surface area contributed by atoms with E-state index in [2.05, 4.69) is 6.92 Å². The van der Waals surface area contributed by atoms with E-state index in [0.717, 1.165) is 25.7 Å². The molecule has 1 aliphatic carbocycles. The Morgan fingerprint density at radius 1 is 1.21 bits per heavy atom. The highest BCUT2D eigenvalue weighted by molar-refractivity contribution is 5.66. The van der Waals surface area contributed by atoms with Crippen LogP contribution < -0.4 is 0 Å². The van der Waals surface area contributed by atoms with Crippen LogP contribution in [0.5, 0.6) is 0 Å². The van der Waals surface area contributed by atoms with Crippen molar-refractivity contribution in [3.8, 4) is 0 Å². The quantitative estimate of drug-likeness (QED) is 0.342. The lowest BCUT2D eigenvalue weighted by Gasteiger charge is -2.19. The SMILES string of the molecule is CCCCCC(O)C=C[C@H]1[C@H](CC=CCCC(=O)O)[C@H](O)C[C@@H]1O. The van der Waals surface area contributed by atoms with Crippen LogP contribution in [0.25, 0.3) is 0 Å². The zero-order chi connectivity index (χ0) is 17.9. The lowest BCUT2D eigenvalue weighted by Crippen LogP contribution is -2.20. The normalized spacial score (nSPS) is 28.8. The van der Waals surface area contributed by atoms with E-state index in [9.17, 15) is 20.1 Å². The molecule has 0 amide bonds. The first-order valence-corrected chi connectivity index (χ1v) is 9.05. The molecular formula is C19H32O5. The molecule has 0 radical (unpaired) electrons. The zero-order valence-corrected chi connectivity index (χ0v) is 14.6. The molecule has 5 atom stereocenters. The second kappa shape index (κ2) is 11.4. The van der Waals surface area contributed by atoms with E-state index < -0.39 is 24.3 Å². The number of rotatable bonds is 11. The molecule has 1 saturated carbocycles. The lowest BCUT2D eigenvalue weighted by molar-refractivity contribution is -0.136. The highest BCUT2D eigenvalue weighted by atomic mass is 16.4. The van der Waals surface area contributed by atoms with Gasteiger partial charge in [-0.1, -0.05) is 50.5 Å². The molecule has 0 spiro atoms. The first kappa shape index (κ1) is 20.9. The maximum atomic E-state index is 10.5. The van der Waals surface area contributed by atoms with Gasteiger partial charge in [0.05, 0.1) is 18.3 Å². The van der Waals surface area contributed by atoms with Crippen molar-refractivity contribution < 1.29 is 25.2 Å². The van der Waals surface area contributed by atoms with Crippen molar-refractivity contribution in [2.24, 2.45) is 11.8 Å². The molecule has 1 unspecified atom stereocenters. The van der Waals surface area contributed by atoms with Crippen LogP contribution in [0, 0.1) is 11.8 Å². The summed E-state index contributed by atoms with van der Waals surface area (Å²) in [6.07, 6.45) is 11.0. The molecule has 0 aromatic carbocycles. The minimum absolute atomic E-state index is 0.0969. The molecular weight excluding hydrogens is 308 g/mol. The van der Waals surface area contributed by atoms with Gasteiger partial charge in [-0.15, -0.1) is 0 Å². The molecule has 1 fully saturated rings. The van der Waals surface area contributed by atoms with Crippen LogP contribution in [0.1, 0.15) is 58.3 Å². The summed E-state index contributed by atoms with van der Waals surface area (Å²) in [5.41, 5.74) is 0. The number of aliphatic hydroxyl groups is 3. The monoisotopic (exact) mass is 340 g/mol. The molecule has 5 heteroatoms. The van der Waals surface area contributed by atoms with Gasteiger partial charge in [-0.2, -0.15) is 0 Å². The van der Waals surface area contributed by atoms with Crippen LogP contribution in [-0.4, -0.2) is 44.7 Å². The van der Waals surface area contributed by atoms with Gasteiger partial charge in [0.15, 0.2) is 0 Å². The van der Waals surface area contributed by atoms with Crippen LogP contribution >= 0.6 is 0 Å². The van der Waals surface area contributed by atoms with Gasteiger partial charge in [0, 0.05) is 18.8 Å². The average Bonchev–Trinajstić information content (AvgIpc) is 2.78. The molecule has 1 rings (SSSR count). The predicted molar refractivity (Wildman–Crippen MR) is 93.5 cm³/mol. The lowest BCUT2D eigenvalue weighted by atomic mass is 9.89. The number of aliphatic hydroxyl groups excluding tert-OH is 3. The molecule has 0 saturated heterocycles. The number of hydrogen-bond acceptors (Lipinski definition) is 4. The predicted octanol–water partition coefficient (Wildman–Crippen LogP) is 2.65. The number of unbranched alkanes of at least 4 members (excludes halogenated alkanes) is 2. The van der Waals surface area contributed by atoms with E-state index in [-0.39, 0.29) is 18.3 Å². The Labute approximate surface area is 144 Å². The first-order chi connectivity index (χ1) is 11.5. The van der Waals surface area contributed by atoms with E-state index in [1.165, 1.54) is 0 Å². The molecule has 5 nitrogen and oxygen atoms in total. The van der Waals surface area contributed by atoms with Crippen LogP contribution in [0.15, 0.2) is 24.3 Å². The summed E-state index contributed by atoms with van der Waals surface area (Å²) in [6.45, 7) is 2.12. The number of allylic oxidation sites excluding steroid dienone is 2. The van der Waals surface area contributed by atoms with Crippen LogP contribution in [-0.2, 0) is 4.79 Å². The van der Waals surface area contributed by atoms with E-state index in [0.29, 0.717) is 19.3 Å². The van der Waals surface area contributed by atoms with Crippen LogP contribution in [0.3, 0.4) is 0 Å². The smallest absolute Gasteiger partial charge is 0.303 e. The number of hydrogen-bond donors (Lipinski definition) is 4. The van der Waals surface area contributed by atoms with Crippen molar-refractivity contribution in [1.82, 2.24) is 0 Å². The van der Waals surface area contributed by atoms with E-state index in [1.54, 1.807) is 6.08 Å². The van der Waals surface area contributed by atoms with Crippen molar-refractivity contribution in [2.45, 2.75) is 76.6 Å². The third-order valence-electron chi connectivity index (χ3n) is 4.67. The van der Waals surface area contributed by atoms with Gasteiger partial charge in [0.2, 0.25) is 0 Å². The van der Waals surface area contributed by atoms with Crippen molar-refractivity contribution in [1.29, 1.82) is 0 Å². The summed E-state index contributed by atoms with van der Waals surface area (Å²) < 4.78 is 0. The maximum absolute atomic E-state index is 10.5. The second-order valence-electron chi connectivity index (χ2n) is 6.70. The summed E-state index contributed by atoms with van der Waals surface area (Å²) in [6, 6.07) is 0. The fraction of sp³-hybridized carbons (Fsp3) is 0.737. The summed E-state index contributed by atoms with van der Waals surface area (Å²) in [5, 5.41) is 38.8. The largest absolute Gasteiger partial charge is 0.481 e. The Balaban J connectivity index is 2.51. The highest BCUT2D eigenvalue weighted by Crippen LogP contribution is 2.36. The van der Waals surface area contributed by atoms with Crippen LogP contribution in [0.4, 0.5) is 0 Å². The Kier molecular flexibility index (Phi) is 9.91. The Hall–Kier alpha value is -1.17. The Morgan fingerprint density at radius 3 is 2.62 bits per heavy atom. The number of carboxylic acids is 1. The van der Waals surface area contributed by atoms with Crippen molar-refractivity contribution >= 4 is 5.97 Å².